The fraction of sp³-hybridized carbons (Fsp3) is 0.333. The van der Waals surface area contributed by atoms with Crippen molar-refractivity contribution < 1.29 is 13.2 Å². The minimum absolute atomic E-state index is 0.179. The molecule has 22 heavy (non-hydrogen) atoms. The van der Waals surface area contributed by atoms with E-state index in [2.05, 4.69) is 10.0 Å². The summed E-state index contributed by atoms with van der Waals surface area (Å²) in [7, 11) is -3.46. The molecule has 0 aliphatic heterocycles. The van der Waals surface area contributed by atoms with E-state index in [1.807, 2.05) is 6.07 Å². The highest BCUT2D eigenvalue weighted by Gasteiger charge is 2.11. The molecule has 0 aromatic heterocycles. The molecular weight excluding hydrogens is 302 g/mol. The Hall–Kier alpha value is -2.17. The van der Waals surface area contributed by atoms with E-state index >= 15 is 0 Å². The van der Waals surface area contributed by atoms with E-state index in [1.54, 1.807) is 32.1 Å². The van der Waals surface area contributed by atoms with Crippen molar-refractivity contribution in [3.63, 3.8) is 0 Å². The molecule has 0 saturated heterocycles. The Kier molecular flexibility index (Phi) is 6.76. The lowest BCUT2D eigenvalue weighted by atomic mass is 10.2. The van der Waals surface area contributed by atoms with Crippen LogP contribution in [-0.4, -0.2) is 27.4 Å². The van der Waals surface area contributed by atoms with Crippen molar-refractivity contribution >= 4 is 22.0 Å². The molecule has 1 amide bonds. The summed E-state index contributed by atoms with van der Waals surface area (Å²) in [4.78, 5) is 11.7. The maximum Gasteiger partial charge on any atom is 0.244 e. The van der Waals surface area contributed by atoms with E-state index in [1.165, 1.54) is 18.2 Å². The van der Waals surface area contributed by atoms with Crippen LogP contribution in [0.4, 0.5) is 0 Å². The summed E-state index contributed by atoms with van der Waals surface area (Å²) in [6.45, 7) is 4.04. The van der Waals surface area contributed by atoms with Crippen LogP contribution in [0.5, 0.6) is 0 Å². The van der Waals surface area contributed by atoms with Crippen molar-refractivity contribution in [2.75, 3.05) is 13.1 Å². The maximum absolute atomic E-state index is 11.8. The quantitative estimate of drug-likeness (QED) is 0.739. The van der Waals surface area contributed by atoms with Crippen LogP contribution in [0, 0.1) is 17.2 Å². The van der Waals surface area contributed by atoms with E-state index in [0.29, 0.717) is 18.7 Å². The first-order valence-corrected chi connectivity index (χ1v) is 8.32. The zero-order valence-electron chi connectivity index (χ0n) is 12.5. The highest BCUT2D eigenvalue weighted by Crippen LogP contribution is 2.11. The fourth-order valence-electron chi connectivity index (χ4n) is 1.56. The van der Waals surface area contributed by atoms with E-state index < -0.39 is 10.0 Å². The minimum Gasteiger partial charge on any atom is -0.351 e. The highest BCUT2D eigenvalue weighted by atomic mass is 32.2. The van der Waals surface area contributed by atoms with Gasteiger partial charge in [-0.2, -0.15) is 5.26 Å². The van der Waals surface area contributed by atoms with E-state index in [9.17, 15) is 13.2 Å². The number of rotatable bonds is 7. The van der Waals surface area contributed by atoms with Crippen molar-refractivity contribution in [3.8, 4) is 6.07 Å². The van der Waals surface area contributed by atoms with Gasteiger partial charge in [-0.15, -0.1) is 0 Å². The number of nitrogens with one attached hydrogen (secondary N) is 2. The van der Waals surface area contributed by atoms with E-state index in [-0.39, 0.29) is 16.7 Å². The van der Waals surface area contributed by atoms with Crippen LogP contribution in [-0.2, 0) is 14.8 Å². The molecular formula is C15H19N3O3S. The van der Waals surface area contributed by atoms with Gasteiger partial charge < -0.3 is 5.32 Å². The van der Waals surface area contributed by atoms with Crippen molar-refractivity contribution in [2.45, 2.75) is 18.7 Å². The maximum atomic E-state index is 11.8. The first-order valence-electron chi connectivity index (χ1n) is 6.84. The van der Waals surface area contributed by atoms with Gasteiger partial charge in [-0.25, -0.2) is 13.1 Å². The standard InChI is InChI=1S/C15H19N3O3S/c1-3-18-22(20,21)14-7-4-13(5-8-14)6-9-15(19)17-11-12(2)10-16/h4-9,12,18H,3,11H2,1-2H3,(H,17,19)/b9-6+. The summed E-state index contributed by atoms with van der Waals surface area (Å²) in [5, 5.41) is 11.2. The van der Waals surface area contributed by atoms with Crippen LogP contribution >= 0.6 is 0 Å². The molecule has 6 nitrogen and oxygen atoms in total. The summed E-state index contributed by atoms with van der Waals surface area (Å²) in [5.41, 5.74) is 0.707. The zero-order valence-corrected chi connectivity index (χ0v) is 13.4. The lowest BCUT2D eigenvalue weighted by Crippen LogP contribution is -2.25. The molecule has 2 N–H and O–H groups in total. The molecule has 1 aromatic rings. The Labute approximate surface area is 130 Å². The Bertz CT molecular complexity index is 673. The predicted molar refractivity (Wildman–Crippen MR) is 84.1 cm³/mol. The molecule has 0 spiro atoms. The number of sulfonamides is 1. The second-order valence-electron chi connectivity index (χ2n) is 4.68. The molecule has 1 aromatic carbocycles. The monoisotopic (exact) mass is 321 g/mol. The number of carbonyl (C=O) groups excluding carboxylic acids is 1. The molecule has 0 radical (unpaired) electrons. The fourth-order valence-corrected chi connectivity index (χ4v) is 2.60. The number of nitriles is 1. The van der Waals surface area contributed by atoms with Gasteiger partial charge in [0.2, 0.25) is 15.9 Å². The lowest BCUT2D eigenvalue weighted by molar-refractivity contribution is -0.116. The lowest BCUT2D eigenvalue weighted by Gasteiger charge is -2.04. The third-order valence-electron chi connectivity index (χ3n) is 2.75. The molecule has 1 unspecified atom stereocenters. The Morgan fingerprint density at radius 1 is 1.36 bits per heavy atom. The van der Waals surface area contributed by atoms with Gasteiger partial charge in [-0.05, 0) is 30.7 Å². The number of amides is 1. The zero-order chi connectivity index (χ0) is 16.6. The van der Waals surface area contributed by atoms with Crippen molar-refractivity contribution in [3.05, 3.63) is 35.9 Å². The molecule has 118 valence electrons. The van der Waals surface area contributed by atoms with Crippen LogP contribution in [0.1, 0.15) is 19.4 Å². The highest BCUT2D eigenvalue weighted by molar-refractivity contribution is 7.89. The summed E-state index contributed by atoms with van der Waals surface area (Å²) in [5.74, 6) is -0.542. The predicted octanol–water partition coefficient (Wildman–Crippen LogP) is 1.27. The van der Waals surface area contributed by atoms with Crippen LogP contribution in [0.2, 0.25) is 0 Å². The first kappa shape index (κ1) is 17.9. The van der Waals surface area contributed by atoms with Gasteiger partial charge >= 0.3 is 0 Å². The molecule has 0 aliphatic rings. The Morgan fingerprint density at radius 3 is 2.55 bits per heavy atom. The van der Waals surface area contributed by atoms with Gasteiger partial charge in [-0.3, -0.25) is 4.79 Å². The van der Waals surface area contributed by atoms with Gasteiger partial charge in [-0.1, -0.05) is 19.1 Å². The number of benzene rings is 1. The minimum atomic E-state index is -3.46. The van der Waals surface area contributed by atoms with Crippen LogP contribution < -0.4 is 10.0 Å². The van der Waals surface area contributed by atoms with E-state index in [4.69, 9.17) is 5.26 Å². The van der Waals surface area contributed by atoms with Crippen LogP contribution in [0.3, 0.4) is 0 Å². The van der Waals surface area contributed by atoms with Crippen LogP contribution in [0.25, 0.3) is 6.08 Å². The SMILES string of the molecule is CCNS(=O)(=O)c1ccc(/C=C/C(=O)NCC(C)C#N)cc1. The second kappa shape index (κ2) is 8.32. The molecule has 1 atom stereocenters. The van der Waals surface area contributed by atoms with Gasteiger partial charge in [0.05, 0.1) is 16.9 Å². The normalized spacial score (nSPS) is 12.8. The number of hydrogen-bond donors (Lipinski definition) is 2. The molecule has 7 heteroatoms. The van der Waals surface area contributed by atoms with Gasteiger partial charge in [0.15, 0.2) is 0 Å². The smallest absolute Gasteiger partial charge is 0.244 e. The number of hydrogen-bond acceptors (Lipinski definition) is 4. The van der Waals surface area contributed by atoms with Crippen LogP contribution in [0.15, 0.2) is 35.2 Å². The van der Waals surface area contributed by atoms with Crippen molar-refractivity contribution in [1.29, 1.82) is 5.26 Å². The molecule has 0 bridgehead atoms. The Morgan fingerprint density at radius 2 is 2.00 bits per heavy atom. The van der Waals surface area contributed by atoms with Gasteiger partial charge in [0, 0.05) is 19.2 Å². The number of carbonyl (C=O) groups is 1. The number of nitrogens with zero attached hydrogens (tertiary/aromatic N) is 1. The molecule has 1 rings (SSSR count). The Balaban J connectivity index is 2.67. The summed E-state index contributed by atoms with van der Waals surface area (Å²) < 4.78 is 25.9. The first-order chi connectivity index (χ1) is 10.4. The topological polar surface area (TPSA) is 99.1 Å². The molecule has 0 saturated carbocycles. The molecule has 0 heterocycles. The van der Waals surface area contributed by atoms with Gasteiger partial charge in [0.1, 0.15) is 0 Å². The summed E-state index contributed by atoms with van der Waals surface area (Å²) in [6, 6.07) is 8.22. The summed E-state index contributed by atoms with van der Waals surface area (Å²) >= 11 is 0. The summed E-state index contributed by atoms with van der Waals surface area (Å²) in [6.07, 6.45) is 2.92. The largest absolute Gasteiger partial charge is 0.351 e. The molecule has 0 aliphatic carbocycles. The second-order valence-corrected chi connectivity index (χ2v) is 6.45. The van der Waals surface area contributed by atoms with Crippen molar-refractivity contribution in [2.24, 2.45) is 5.92 Å². The third-order valence-corrected chi connectivity index (χ3v) is 4.32. The van der Waals surface area contributed by atoms with Crippen molar-refractivity contribution in [1.82, 2.24) is 10.0 Å². The third kappa shape index (κ3) is 5.68. The average molecular weight is 321 g/mol. The van der Waals surface area contributed by atoms with E-state index in [0.717, 1.165) is 0 Å². The van der Waals surface area contributed by atoms with Gasteiger partial charge in [0.25, 0.3) is 0 Å². The molecule has 0 fully saturated rings. The average Bonchev–Trinajstić information content (AvgIpc) is 2.50.